The molecular weight excluding hydrogens is 347 g/mol. The van der Waals surface area contributed by atoms with Crippen LogP contribution >= 0.6 is 0 Å². The molecule has 0 spiro atoms. The fraction of sp³-hybridized carbons (Fsp3) is 0.480. The van der Waals surface area contributed by atoms with Gasteiger partial charge in [-0.25, -0.2) is 4.39 Å². The molecule has 0 saturated heterocycles. The molecule has 0 amide bonds. The van der Waals surface area contributed by atoms with Gasteiger partial charge in [-0.1, -0.05) is 54.6 Å². The molecule has 1 saturated carbocycles. The van der Waals surface area contributed by atoms with Crippen LogP contribution in [0.15, 0.2) is 54.6 Å². The first-order valence-corrected chi connectivity index (χ1v) is 10.3. The number of alkyl halides is 1. The fourth-order valence-corrected chi connectivity index (χ4v) is 3.81. The normalized spacial score (nSPS) is 19.6. The number of nitrogens with zero attached hydrogens (tertiary/aromatic N) is 2. The Balaban J connectivity index is 0.000000878. The summed E-state index contributed by atoms with van der Waals surface area (Å²) >= 11 is 0. The maximum Gasteiger partial charge on any atom is 0.101 e. The van der Waals surface area contributed by atoms with Gasteiger partial charge in [0, 0.05) is 19.5 Å². The van der Waals surface area contributed by atoms with E-state index in [0.29, 0.717) is 18.4 Å². The van der Waals surface area contributed by atoms with Gasteiger partial charge in [-0.05, 0) is 68.7 Å². The van der Waals surface area contributed by atoms with Gasteiger partial charge < -0.3 is 0 Å². The van der Waals surface area contributed by atoms with Crippen molar-refractivity contribution < 1.29 is 4.39 Å². The minimum Gasteiger partial charge on any atom is -0.299 e. The lowest BCUT2D eigenvalue weighted by atomic mass is 9.95. The van der Waals surface area contributed by atoms with E-state index >= 15 is 0 Å². The number of rotatable bonds is 7. The Morgan fingerprint density at radius 2 is 1.71 bits per heavy atom. The van der Waals surface area contributed by atoms with Gasteiger partial charge in [-0.15, -0.1) is 0 Å². The van der Waals surface area contributed by atoms with Gasteiger partial charge in [0.2, 0.25) is 0 Å². The predicted octanol–water partition coefficient (Wildman–Crippen LogP) is 6.28. The Kier molecular flexibility index (Phi) is 9.17. The highest BCUT2D eigenvalue weighted by atomic mass is 19.1. The lowest BCUT2D eigenvalue weighted by Gasteiger charge is -2.25. The molecule has 1 aliphatic rings. The van der Waals surface area contributed by atoms with E-state index in [1.807, 2.05) is 0 Å². The Labute approximate surface area is 170 Å². The van der Waals surface area contributed by atoms with Crippen molar-refractivity contribution in [1.29, 1.82) is 5.26 Å². The summed E-state index contributed by atoms with van der Waals surface area (Å²) < 4.78 is 13.4. The second kappa shape index (κ2) is 11.6. The van der Waals surface area contributed by atoms with Crippen LogP contribution in [0.25, 0.3) is 0 Å². The molecule has 0 N–H and O–H groups in total. The lowest BCUT2D eigenvalue weighted by molar-refractivity contribution is 0.238. The Morgan fingerprint density at radius 3 is 2.29 bits per heavy atom. The van der Waals surface area contributed by atoms with Crippen molar-refractivity contribution in [3.63, 3.8) is 0 Å². The number of aryl methyl sites for hydroxylation is 1. The molecule has 2 aromatic carbocycles. The molecule has 3 unspecified atom stereocenters. The third kappa shape index (κ3) is 7.09. The molecule has 28 heavy (non-hydrogen) atoms. The van der Waals surface area contributed by atoms with Crippen molar-refractivity contribution in [3.05, 3.63) is 71.3 Å². The van der Waals surface area contributed by atoms with Crippen LogP contribution in [0.1, 0.15) is 62.1 Å². The van der Waals surface area contributed by atoms with E-state index < -0.39 is 6.17 Å². The third-order valence-electron chi connectivity index (χ3n) is 5.70. The minimum absolute atomic E-state index is 0.431. The lowest BCUT2D eigenvalue weighted by Crippen LogP contribution is -2.28. The monoisotopic (exact) mass is 380 g/mol. The summed E-state index contributed by atoms with van der Waals surface area (Å²) in [6.07, 6.45) is 4.10. The number of halogens is 1. The van der Waals surface area contributed by atoms with Crippen molar-refractivity contribution in [2.24, 2.45) is 0 Å². The van der Waals surface area contributed by atoms with Crippen LogP contribution < -0.4 is 0 Å². The van der Waals surface area contributed by atoms with E-state index in [4.69, 9.17) is 5.26 Å². The minimum atomic E-state index is -0.592. The summed E-state index contributed by atoms with van der Waals surface area (Å²) in [6, 6.07) is 21.9. The maximum absolute atomic E-state index is 13.4. The second-order valence-corrected chi connectivity index (χ2v) is 7.86. The Morgan fingerprint density at radius 1 is 1.07 bits per heavy atom. The smallest absolute Gasteiger partial charge is 0.101 e. The number of hydrogen-bond acceptors (Lipinski definition) is 2. The van der Waals surface area contributed by atoms with Crippen LogP contribution in [0, 0.1) is 11.3 Å². The van der Waals surface area contributed by atoms with Crippen LogP contribution in [0.3, 0.4) is 0 Å². The second-order valence-electron chi connectivity index (χ2n) is 7.86. The first kappa shape index (κ1) is 22.1. The summed E-state index contributed by atoms with van der Waals surface area (Å²) in [5.74, 6) is 0.431. The molecule has 2 aromatic rings. The predicted molar refractivity (Wildman–Crippen MR) is 115 cm³/mol. The molecule has 150 valence electrons. The zero-order valence-corrected chi connectivity index (χ0v) is 17.4. The molecule has 0 bridgehead atoms. The summed E-state index contributed by atoms with van der Waals surface area (Å²) in [7, 11) is 2.20. The first-order chi connectivity index (χ1) is 13.5. The summed E-state index contributed by atoms with van der Waals surface area (Å²) in [6.45, 7) is 4.73. The highest BCUT2D eigenvalue weighted by molar-refractivity contribution is 5.26. The van der Waals surface area contributed by atoms with Gasteiger partial charge >= 0.3 is 0 Å². The number of hydrogen-bond donors (Lipinski definition) is 0. The molecule has 1 aliphatic carbocycles. The molecule has 1 fully saturated rings. The van der Waals surface area contributed by atoms with E-state index in [1.165, 1.54) is 23.6 Å². The van der Waals surface area contributed by atoms with Gasteiger partial charge in [0.15, 0.2) is 0 Å². The highest BCUT2D eigenvalue weighted by Crippen LogP contribution is 2.36. The van der Waals surface area contributed by atoms with Crippen LogP contribution in [0.2, 0.25) is 0 Å². The highest BCUT2D eigenvalue weighted by Gasteiger charge is 2.25. The van der Waals surface area contributed by atoms with Crippen molar-refractivity contribution >= 4 is 0 Å². The van der Waals surface area contributed by atoms with Gasteiger partial charge in [0.25, 0.3) is 0 Å². The molecule has 0 heterocycles. The van der Waals surface area contributed by atoms with Crippen LogP contribution in [-0.4, -0.2) is 24.2 Å². The number of nitriles is 1. The van der Waals surface area contributed by atoms with Gasteiger partial charge in [-0.2, -0.15) is 5.26 Å². The van der Waals surface area contributed by atoms with Crippen molar-refractivity contribution in [3.8, 4) is 6.07 Å². The molecule has 0 aliphatic heterocycles. The summed E-state index contributed by atoms with van der Waals surface area (Å²) in [5, 5.41) is 7.32. The SMILES string of the molecule is CC#N.CC(CCc1ccc(C2CCC(F)C2)cc1)N(C)Cc1ccccc1. The first-order valence-electron chi connectivity index (χ1n) is 10.3. The maximum atomic E-state index is 13.4. The quantitative estimate of drug-likeness (QED) is 0.565. The molecule has 3 heteroatoms. The van der Waals surface area contributed by atoms with Crippen molar-refractivity contribution in [2.45, 2.75) is 70.6 Å². The Hall–Kier alpha value is -2.18. The zero-order chi connectivity index (χ0) is 20.4. The fourth-order valence-electron chi connectivity index (χ4n) is 3.81. The van der Waals surface area contributed by atoms with E-state index in [1.54, 1.807) is 6.07 Å². The Bertz CT molecular complexity index is 720. The van der Waals surface area contributed by atoms with Crippen molar-refractivity contribution in [2.75, 3.05) is 7.05 Å². The van der Waals surface area contributed by atoms with E-state index in [-0.39, 0.29) is 0 Å². The van der Waals surface area contributed by atoms with E-state index in [9.17, 15) is 4.39 Å². The molecule has 2 nitrogen and oxygen atoms in total. The van der Waals surface area contributed by atoms with Crippen LogP contribution in [-0.2, 0) is 13.0 Å². The van der Waals surface area contributed by atoms with Gasteiger partial charge in [0.1, 0.15) is 6.17 Å². The average Bonchev–Trinajstić information content (AvgIpc) is 3.14. The molecule has 0 radical (unpaired) electrons. The molecule has 0 aromatic heterocycles. The van der Waals surface area contributed by atoms with Crippen LogP contribution in [0.5, 0.6) is 0 Å². The zero-order valence-electron chi connectivity index (χ0n) is 17.4. The largest absolute Gasteiger partial charge is 0.299 e. The third-order valence-corrected chi connectivity index (χ3v) is 5.70. The van der Waals surface area contributed by atoms with E-state index in [2.05, 4.69) is 73.5 Å². The van der Waals surface area contributed by atoms with Crippen LogP contribution in [0.4, 0.5) is 4.39 Å². The molecular formula is C25H33FN2. The van der Waals surface area contributed by atoms with E-state index in [0.717, 1.165) is 32.2 Å². The topological polar surface area (TPSA) is 27.0 Å². The number of benzene rings is 2. The van der Waals surface area contributed by atoms with Gasteiger partial charge in [-0.3, -0.25) is 4.90 Å². The average molecular weight is 381 g/mol. The summed E-state index contributed by atoms with van der Waals surface area (Å²) in [4.78, 5) is 2.42. The summed E-state index contributed by atoms with van der Waals surface area (Å²) in [5.41, 5.74) is 4.07. The molecule has 3 rings (SSSR count). The standard InChI is InChI=1S/C23H30FN.C2H3N/c1-18(25(2)17-20-6-4-3-5-7-20)8-9-19-10-12-21(13-11-19)22-14-15-23(24)16-22;1-2-3/h3-7,10-13,18,22-23H,8-9,14-17H2,1-2H3;1H3. The molecule has 3 atom stereocenters. The van der Waals surface area contributed by atoms with Gasteiger partial charge in [0.05, 0.1) is 6.07 Å². The van der Waals surface area contributed by atoms with Crippen molar-refractivity contribution in [1.82, 2.24) is 4.90 Å².